The molecule has 0 saturated heterocycles. The van der Waals surface area contributed by atoms with Gasteiger partial charge in [-0.3, -0.25) is 5.01 Å². The summed E-state index contributed by atoms with van der Waals surface area (Å²) < 4.78 is 0. The average Bonchev–Trinajstić information content (AvgIpc) is 1.96. The van der Waals surface area contributed by atoms with Crippen molar-refractivity contribution in [3.63, 3.8) is 0 Å². The van der Waals surface area contributed by atoms with Crippen molar-refractivity contribution in [3.05, 3.63) is 0 Å². The summed E-state index contributed by atoms with van der Waals surface area (Å²) in [6.07, 6.45) is 2.02. The van der Waals surface area contributed by atoms with Crippen molar-refractivity contribution in [2.45, 2.75) is 47.6 Å². The van der Waals surface area contributed by atoms with Crippen molar-refractivity contribution in [2.75, 3.05) is 6.54 Å². The van der Waals surface area contributed by atoms with E-state index in [1.807, 2.05) is 6.21 Å². The van der Waals surface area contributed by atoms with Gasteiger partial charge in [-0.05, 0) is 25.7 Å². The van der Waals surface area contributed by atoms with Crippen LogP contribution in [0.15, 0.2) is 5.10 Å². The molecule has 78 valence electrons. The molecule has 0 rings (SSSR count). The molecule has 0 N–H and O–H groups in total. The fraction of sp³-hybridized carbons (Fsp3) is 0.909. The Hall–Kier alpha value is -0.530. The fourth-order valence-electron chi connectivity index (χ4n) is 0.984. The minimum absolute atomic E-state index is 0.498. The third kappa shape index (κ3) is 6.62. The van der Waals surface area contributed by atoms with Crippen LogP contribution >= 0.6 is 0 Å². The molecule has 0 atom stereocenters. The van der Waals surface area contributed by atoms with Crippen molar-refractivity contribution in [3.8, 4) is 0 Å². The maximum absolute atomic E-state index is 4.47. The third-order valence-electron chi connectivity index (χ3n) is 1.66. The van der Waals surface area contributed by atoms with Crippen molar-refractivity contribution in [1.82, 2.24) is 5.01 Å². The Morgan fingerprint density at radius 1 is 1.08 bits per heavy atom. The Balaban J connectivity index is 4.10. The van der Waals surface area contributed by atoms with Gasteiger partial charge in [0.25, 0.3) is 0 Å². The predicted octanol–water partition coefficient (Wildman–Crippen LogP) is 2.99. The highest BCUT2D eigenvalue weighted by Gasteiger charge is 2.07. The smallest absolute Gasteiger partial charge is 0.0414 e. The molecule has 0 unspecified atom stereocenters. The van der Waals surface area contributed by atoms with E-state index < -0.39 is 0 Å². The van der Waals surface area contributed by atoms with Crippen LogP contribution in [0.1, 0.15) is 41.5 Å². The summed E-state index contributed by atoms with van der Waals surface area (Å²) in [4.78, 5) is 0. The second-order valence-corrected chi connectivity index (χ2v) is 4.62. The second kappa shape index (κ2) is 6.01. The van der Waals surface area contributed by atoms with Gasteiger partial charge in [-0.1, -0.05) is 27.7 Å². The molecule has 0 heterocycles. The van der Waals surface area contributed by atoms with Crippen LogP contribution in [0, 0.1) is 11.8 Å². The molecule has 2 nitrogen and oxygen atoms in total. The molecule has 0 amide bonds. The molecule has 0 fully saturated rings. The summed E-state index contributed by atoms with van der Waals surface area (Å²) >= 11 is 0. The van der Waals surface area contributed by atoms with Gasteiger partial charge in [0, 0.05) is 18.8 Å². The van der Waals surface area contributed by atoms with Crippen LogP contribution in [-0.4, -0.2) is 23.8 Å². The normalized spacial score (nSPS) is 12.4. The van der Waals surface area contributed by atoms with E-state index in [-0.39, 0.29) is 0 Å². The minimum atomic E-state index is 0.498. The molecular weight excluding hydrogens is 160 g/mol. The lowest BCUT2D eigenvalue weighted by Crippen LogP contribution is -2.29. The van der Waals surface area contributed by atoms with Gasteiger partial charge in [-0.2, -0.15) is 5.10 Å². The van der Waals surface area contributed by atoms with Gasteiger partial charge in [0.1, 0.15) is 0 Å². The largest absolute Gasteiger partial charge is 0.295 e. The molecule has 0 radical (unpaired) electrons. The Labute approximate surface area is 83.0 Å². The lowest BCUT2D eigenvalue weighted by atomic mass is 10.2. The van der Waals surface area contributed by atoms with E-state index in [9.17, 15) is 0 Å². The summed E-state index contributed by atoms with van der Waals surface area (Å²) in [6, 6.07) is 0.498. The van der Waals surface area contributed by atoms with E-state index >= 15 is 0 Å². The number of hydrogen-bond donors (Lipinski definition) is 0. The molecule has 0 spiro atoms. The first-order valence-corrected chi connectivity index (χ1v) is 5.24. The van der Waals surface area contributed by atoms with Crippen LogP contribution in [-0.2, 0) is 0 Å². The molecule has 0 aromatic heterocycles. The van der Waals surface area contributed by atoms with E-state index in [2.05, 4.69) is 51.7 Å². The lowest BCUT2D eigenvalue weighted by molar-refractivity contribution is 0.207. The van der Waals surface area contributed by atoms with E-state index in [1.54, 1.807) is 0 Å². The van der Waals surface area contributed by atoms with E-state index in [1.165, 1.54) is 0 Å². The number of rotatable bonds is 5. The summed E-state index contributed by atoms with van der Waals surface area (Å²) in [6.45, 7) is 14.1. The SMILES string of the molecule is CC(C)C=NN(CC(C)C)C(C)C. The zero-order valence-corrected chi connectivity index (χ0v) is 9.91. The number of hydrogen-bond acceptors (Lipinski definition) is 2. The number of nitrogens with zero attached hydrogens (tertiary/aromatic N) is 2. The summed E-state index contributed by atoms with van der Waals surface area (Å²) in [5.74, 6) is 1.21. The fourth-order valence-corrected chi connectivity index (χ4v) is 0.984. The van der Waals surface area contributed by atoms with Crippen molar-refractivity contribution in [1.29, 1.82) is 0 Å². The zero-order valence-electron chi connectivity index (χ0n) is 9.91. The molecule has 2 heteroatoms. The van der Waals surface area contributed by atoms with Crippen LogP contribution in [0.2, 0.25) is 0 Å². The Kier molecular flexibility index (Phi) is 5.76. The van der Waals surface area contributed by atoms with Crippen LogP contribution < -0.4 is 0 Å². The highest BCUT2D eigenvalue weighted by Crippen LogP contribution is 2.04. The van der Waals surface area contributed by atoms with Crippen molar-refractivity contribution >= 4 is 6.21 Å². The van der Waals surface area contributed by atoms with Gasteiger partial charge >= 0.3 is 0 Å². The van der Waals surface area contributed by atoms with Gasteiger partial charge in [-0.15, -0.1) is 0 Å². The first-order chi connectivity index (χ1) is 5.93. The van der Waals surface area contributed by atoms with Gasteiger partial charge in [0.05, 0.1) is 0 Å². The monoisotopic (exact) mass is 184 g/mol. The Morgan fingerprint density at radius 3 is 1.92 bits per heavy atom. The third-order valence-corrected chi connectivity index (χ3v) is 1.66. The number of hydrazone groups is 1. The lowest BCUT2D eigenvalue weighted by Gasteiger charge is -2.25. The summed E-state index contributed by atoms with van der Waals surface area (Å²) in [5, 5.41) is 6.63. The first-order valence-electron chi connectivity index (χ1n) is 5.24. The molecule has 0 aromatic rings. The van der Waals surface area contributed by atoms with E-state index in [0.29, 0.717) is 17.9 Å². The Morgan fingerprint density at radius 2 is 1.62 bits per heavy atom. The average molecular weight is 184 g/mol. The van der Waals surface area contributed by atoms with Crippen molar-refractivity contribution in [2.24, 2.45) is 16.9 Å². The van der Waals surface area contributed by atoms with Crippen LogP contribution in [0.4, 0.5) is 0 Å². The molecular formula is C11H24N2. The molecule has 13 heavy (non-hydrogen) atoms. The standard InChI is InChI=1S/C11H24N2/c1-9(2)7-12-13(11(5)6)8-10(3)4/h7,9-11H,8H2,1-6H3. The van der Waals surface area contributed by atoms with Crippen molar-refractivity contribution < 1.29 is 0 Å². The topological polar surface area (TPSA) is 15.6 Å². The summed E-state index contributed by atoms with van der Waals surface area (Å²) in [7, 11) is 0. The zero-order chi connectivity index (χ0) is 10.4. The molecule has 0 aliphatic rings. The maximum atomic E-state index is 4.47. The van der Waals surface area contributed by atoms with Gasteiger partial charge in [0.2, 0.25) is 0 Å². The van der Waals surface area contributed by atoms with E-state index in [0.717, 1.165) is 6.54 Å². The van der Waals surface area contributed by atoms with Crippen LogP contribution in [0.25, 0.3) is 0 Å². The maximum Gasteiger partial charge on any atom is 0.0414 e. The predicted molar refractivity (Wildman–Crippen MR) is 60.0 cm³/mol. The highest BCUT2D eigenvalue weighted by atomic mass is 15.5. The quantitative estimate of drug-likeness (QED) is 0.474. The molecule has 0 aliphatic heterocycles. The van der Waals surface area contributed by atoms with Gasteiger partial charge < -0.3 is 0 Å². The van der Waals surface area contributed by atoms with Gasteiger partial charge in [0.15, 0.2) is 0 Å². The van der Waals surface area contributed by atoms with Gasteiger partial charge in [-0.25, -0.2) is 0 Å². The highest BCUT2D eigenvalue weighted by molar-refractivity contribution is 5.59. The first kappa shape index (κ1) is 12.5. The molecule has 0 aliphatic carbocycles. The molecule has 0 saturated carbocycles. The summed E-state index contributed by atoms with van der Waals surface area (Å²) in [5.41, 5.74) is 0. The molecule has 0 bridgehead atoms. The second-order valence-electron chi connectivity index (χ2n) is 4.62. The van der Waals surface area contributed by atoms with Crippen LogP contribution in [0.5, 0.6) is 0 Å². The van der Waals surface area contributed by atoms with E-state index in [4.69, 9.17) is 0 Å². The molecule has 0 aromatic carbocycles. The Bertz CT molecular complexity index is 148. The van der Waals surface area contributed by atoms with Crippen LogP contribution in [0.3, 0.4) is 0 Å². The minimum Gasteiger partial charge on any atom is -0.295 e.